The Balaban J connectivity index is 2.90. The highest BCUT2D eigenvalue weighted by Crippen LogP contribution is 2.20. The van der Waals surface area contributed by atoms with E-state index in [9.17, 15) is 9.18 Å². The van der Waals surface area contributed by atoms with E-state index in [4.69, 9.17) is 11.6 Å². The summed E-state index contributed by atoms with van der Waals surface area (Å²) in [5, 5.41) is 0.359. The Bertz CT molecular complexity index is 354. The van der Waals surface area contributed by atoms with Crippen LogP contribution in [0.4, 0.5) is 4.39 Å². The van der Waals surface area contributed by atoms with E-state index >= 15 is 0 Å². The van der Waals surface area contributed by atoms with Gasteiger partial charge in [0.25, 0.3) is 0 Å². The van der Waals surface area contributed by atoms with E-state index in [0.717, 1.165) is 0 Å². The normalized spacial score (nSPS) is 11.9. The van der Waals surface area contributed by atoms with Crippen LogP contribution in [0.15, 0.2) is 23.2 Å². The molecule has 2 nitrogen and oxygen atoms in total. The first-order valence-electron chi connectivity index (χ1n) is 4.15. The number of nitrogens with zero attached hydrogens (tertiary/aromatic N) is 1. The molecule has 0 amide bonds. The van der Waals surface area contributed by atoms with Crippen LogP contribution in [0.1, 0.15) is 12.5 Å². The highest BCUT2D eigenvalue weighted by Gasteiger charge is 2.10. The maximum absolute atomic E-state index is 13.2. The van der Waals surface area contributed by atoms with Crippen molar-refractivity contribution in [2.24, 2.45) is 4.99 Å². The molecule has 1 unspecified atom stereocenters. The number of carbonyl (C=O) groups excluding carboxylic acids is 1. The summed E-state index contributed by atoms with van der Waals surface area (Å²) in [7, 11) is 0. The third-order valence-corrected chi connectivity index (χ3v) is 2.19. The Labute approximate surface area is 86.4 Å². The zero-order chi connectivity index (χ0) is 10.6. The van der Waals surface area contributed by atoms with Crippen molar-refractivity contribution in [3.05, 3.63) is 34.6 Å². The average molecular weight is 214 g/mol. The maximum Gasteiger partial charge on any atom is 0.235 e. The SMILES string of the molecule is CC(Cc1c(F)cccc1Cl)N=C=O. The molecule has 14 heavy (non-hydrogen) atoms. The van der Waals surface area contributed by atoms with Gasteiger partial charge in [-0.15, -0.1) is 0 Å². The molecule has 0 saturated heterocycles. The van der Waals surface area contributed by atoms with Crippen molar-refractivity contribution in [2.75, 3.05) is 0 Å². The summed E-state index contributed by atoms with van der Waals surface area (Å²) in [6.45, 7) is 1.70. The van der Waals surface area contributed by atoms with Crippen molar-refractivity contribution in [3.8, 4) is 0 Å². The largest absolute Gasteiger partial charge is 0.235 e. The van der Waals surface area contributed by atoms with E-state index in [-0.39, 0.29) is 11.9 Å². The molecule has 1 aromatic rings. The monoisotopic (exact) mass is 213 g/mol. The van der Waals surface area contributed by atoms with Crippen molar-refractivity contribution in [1.82, 2.24) is 0 Å². The average Bonchev–Trinajstić information content (AvgIpc) is 2.12. The van der Waals surface area contributed by atoms with Crippen LogP contribution in [-0.4, -0.2) is 12.1 Å². The molecule has 0 aliphatic carbocycles. The molecular formula is C10H9ClFNO. The summed E-state index contributed by atoms with van der Waals surface area (Å²) in [5.41, 5.74) is 0.390. The van der Waals surface area contributed by atoms with E-state index in [0.29, 0.717) is 17.0 Å². The number of benzene rings is 1. The smallest absolute Gasteiger partial charge is 0.211 e. The molecular weight excluding hydrogens is 205 g/mol. The fourth-order valence-electron chi connectivity index (χ4n) is 1.16. The van der Waals surface area contributed by atoms with Gasteiger partial charge < -0.3 is 0 Å². The first kappa shape index (κ1) is 10.9. The minimum Gasteiger partial charge on any atom is -0.211 e. The Hall–Kier alpha value is -1.18. The van der Waals surface area contributed by atoms with E-state index in [1.165, 1.54) is 18.2 Å². The van der Waals surface area contributed by atoms with Gasteiger partial charge in [-0.3, -0.25) is 0 Å². The Morgan fingerprint density at radius 2 is 2.36 bits per heavy atom. The van der Waals surface area contributed by atoms with Gasteiger partial charge in [-0.05, 0) is 25.5 Å². The second kappa shape index (κ2) is 4.89. The molecule has 0 spiro atoms. The van der Waals surface area contributed by atoms with Crippen LogP contribution < -0.4 is 0 Å². The molecule has 74 valence electrons. The van der Waals surface area contributed by atoms with Gasteiger partial charge in [0.15, 0.2) is 0 Å². The lowest BCUT2D eigenvalue weighted by molar-refractivity contribution is 0.555. The molecule has 1 aromatic carbocycles. The lowest BCUT2D eigenvalue weighted by Gasteiger charge is -2.07. The van der Waals surface area contributed by atoms with E-state index < -0.39 is 0 Å². The number of rotatable bonds is 3. The van der Waals surface area contributed by atoms with Gasteiger partial charge in [-0.25, -0.2) is 14.2 Å². The Kier molecular flexibility index (Phi) is 3.81. The molecule has 0 heterocycles. The van der Waals surface area contributed by atoms with Crippen molar-refractivity contribution >= 4 is 17.7 Å². The van der Waals surface area contributed by atoms with Gasteiger partial charge in [0.1, 0.15) is 5.82 Å². The van der Waals surface area contributed by atoms with Gasteiger partial charge in [-0.2, -0.15) is 0 Å². The Morgan fingerprint density at radius 3 is 2.93 bits per heavy atom. The second-order valence-corrected chi connectivity index (χ2v) is 3.38. The van der Waals surface area contributed by atoms with E-state index in [1.54, 1.807) is 13.0 Å². The van der Waals surface area contributed by atoms with Crippen LogP contribution in [0.25, 0.3) is 0 Å². The van der Waals surface area contributed by atoms with Gasteiger partial charge >= 0.3 is 0 Å². The maximum atomic E-state index is 13.2. The molecule has 0 fully saturated rings. The lowest BCUT2D eigenvalue weighted by Crippen LogP contribution is -2.05. The molecule has 0 bridgehead atoms. The molecule has 0 aromatic heterocycles. The number of isocyanates is 1. The molecule has 1 atom stereocenters. The summed E-state index contributed by atoms with van der Waals surface area (Å²) in [6, 6.07) is 4.17. The van der Waals surface area contributed by atoms with Crippen LogP contribution in [0, 0.1) is 5.82 Å². The first-order chi connectivity index (χ1) is 6.65. The van der Waals surface area contributed by atoms with Crippen molar-refractivity contribution in [3.63, 3.8) is 0 Å². The molecule has 0 aliphatic heterocycles. The number of halogens is 2. The topological polar surface area (TPSA) is 29.4 Å². The van der Waals surface area contributed by atoms with Crippen molar-refractivity contribution < 1.29 is 9.18 Å². The summed E-state index contributed by atoms with van der Waals surface area (Å²) < 4.78 is 13.2. The second-order valence-electron chi connectivity index (χ2n) is 2.97. The summed E-state index contributed by atoms with van der Waals surface area (Å²) in [6.07, 6.45) is 1.74. The zero-order valence-electron chi connectivity index (χ0n) is 7.63. The van der Waals surface area contributed by atoms with Gasteiger partial charge in [0.05, 0.1) is 6.04 Å². The third-order valence-electron chi connectivity index (χ3n) is 1.83. The number of aliphatic imine (C=N–C) groups is 1. The highest BCUT2D eigenvalue weighted by molar-refractivity contribution is 6.31. The summed E-state index contributed by atoms with van der Waals surface area (Å²) >= 11 is 5.79. The predicted molar refractivity (Wildman–Crippen MR) is 52.7 cm³/mol. The zero-order valence-corrected chi connectivity index (χ0v) is 8.38. The molecule has 0 radical (unpaired) electrons. The molecule has 0 aliphatic rings. The molecule has 4 heteroatoms. The van der Waals surface area contributed by atoms with Gasteiger partial charge in [-0.1, -0.05) is 17.7 Å². The first-order valence-corrected chi connectivity index (χ1v) is 4.53. The summed E-state index contributed by atoms with van der Waals surface area (Å²) in [4.78, 5) is 13.4. The van der Waals surface area contributed by atoms with Gasteiger partial charge in [0.2, 0.25) is 6.08 Å². The fourth-order valence-corrected chi connectivity index (χ4v) is 1.40. The number of hydrogen-bond acceptors (Lipinski definition) is 2. The van der Waals surface area contributed by atoms with Crippen LogP contribution in [-0.2, 0) is 11.2 Å². The lowest BCUT2D eigenvalue weighted by atomic mass is 10.1. The quantitative estimate of drug-likeness (QED) is 0.561. The Morgan fingerprint density at radius 1 is 1.64 bits per heavy atom. The standard InChI is InChI=1S/C10H9ClFNO/c1-7(13-6-14)5-8-9(11)3-2-4-10(8)12/h2-4,7H,5H2,1H3. The minimum absolute atomic E-state index is 0.304. The third kappa shape index (κ3) is 2.66. The van der Waals surface area contributed by atoms with Crippen LogP contribution >= 0.6 is 11.6 Å². The van der Waals surface area contributed by atoms with E-state index in [1.807, 2.05) is 0 Å². The highest BCUT2D eigenvalue weighted by atomic mass is 35.5. The van der Waals surface area contributed by atoms with Crippen molar-refractivity contribution in [1.29, 1.82) is 0 Å². The van der Waals surface area contributed by atoms with Crippen LogP contribution in [0.5, 0.6) is 0 Å². The van der Waals surface area contributed by atoms with E-state index in [2.05, 4.69) is 4.99 Å². The molecule has 0 N–H and O–H groups in total. The fraction of sp³-hybridized carbons (Fsp3) is 0.300. The van der Waals surface area contributed by atoms with Gasteiger partial charge in [0, 0.05) is 10.6 Å². The molecule has 0 saturated carbocycles. The van der Waals surface area contributed by atoms with Crippen LogP contribution in [0.2, 0.25) is 5.02 Å². The predicted octanol–water partition coefficient (Wildman–Crippen LogP) is 2.75. The minimum atomic E-state index is -0.370. The molecule has 1 rings (SSSR count). The number of hydrogen-bond donors (Lipinski definition) is 0. The van der Waals surface area contributed by atoms with Crippen LogP contribution in [0.3, 0.4) is 0 Å². The summed E-state index contributed by atoms with van der Waals surface area (Å²) in [5.74, 6) is -0.370. The van der Waals surface area contributed by atoms with Crippen molar-refractivity contribution in [2.45, 2.75) is 19.4 Å².